The molecule has 1 heterocycles. The summed E-state index contributed by atoms with van der Waals surface area (Å²) in [5.74, 6) is -0.701. The first kappa shape index (κ1) is 15.9. The number of carbonyl (C=O) groups is 2. The summed E-state index contributed by atoms with van der Waals surface area (Å²) < 4.78 is 0. The lowest BCUT2D eigenvalue weighted by Gasteiger charge is -2.39. The van der Waals surface area contributed by atoms with Gasteiger partial charge in [-0.15, -0.1) is 0 Å². The Labute approximate surface area is 114 Å². The van der Waals surface area contributed by atoms with Crippen LogP contribution in [0.4, 0.5) is 0 Å². The molecule has 110 valence electrons. The molecule has 0 aromatic rings. The predicted octanol–water partition coefficient (Wildman–Crippen LogP) is -0.0197. The van der Waals surface area contributed by atoms with E-state index in [2.05, 4.69) is 0 Å². The summed E-state index contributed by atoms with van der Waals surface area (Å²) in [6.07, 6.45) is 1.49. The zero-order valence-corrected chi connectivity index (χ0v) is 11.9. The number of hydrogen-bond acceptors (Lipinski definition) is 4. The van der Waals surface area contributed by atoms with Gasteiger partial charge in [-0.3, -0.25) is 14.5 Å². The van der Waals surface area contributed by atoms with Gasteiger partial charge in [0, 0.05) is 32.7 Å². The number of carbonyl (C=O) groups excluding carboxylic acids is 1. The Morgan fingerprint density at radius 3 is 2.05 bits per heavy atom. The van der Waals surface area contributed by atoms with E-state index in [4.69, 9.17) is 10.8 Å². The molecule has 6 heteroatoms. The quantitative estimate of drug-likeness (QED) is 0.709. The smallest absolute Gasteiger partial charge is 0.317 e. The van der Waals surface area contributed by atoms with Crippen LogP contribution in [0.15, 0.2) is 0 Å². The van der Waals surface area contributed by atoms with Crippen molar-refractivity contribution in [2.75, 3.05) is 39.3 Å². The average molecular weight is 271 g/mol. The second-order valence-electron chi connectivity index (χ2n) is 5.15. The van der Waals surface area contributed by atoms with E-state index >= 15 is 0 Å². The van der Waals surface area contributed by atoms with E-state index < -0.39 is 11.4 Å². The van der Waals surface area contributed by atoms with Crippen LogP contribution in [0.1, 0.15) is 26.7 Å². The summed E-state index contributed by atoms with van der Waals surface area (Å²) >= 11 is 0. The molecular weight excluding hydrogens is 246 g/mol. The minimum atomic E-state index is -0.821. The van der Waals surface area contributed by atoms with Crippen LogP contribution in [0.3, 0.4) is 0 Å². The van der Waals surface area contributed by atoms with Crippen molar-refractivity contribution >= 4 is 11.9 Å². The third-order valence-electron chi connectivity index (χ3n) is 4.22. The molecule has 0 aliphatic carbocycles. The van der Waals surface area contributed by atoms with Crippen molar-refractivity contribution in [3.05, 3.63) is 0 Å². The van der Waals surface area contributed by atoms with Gasteiger partial charge in [0.1, 0.15) is 0 Å². The Morgan fingerprint density at radius 2 is 1.68 bits per heavy atom. The van der Waals surface area contributed by atoms with Gasteiger partial charge in [0.25, 0.3) is 0 Å². The van der Waals surface area contributed by atoms with Crippen molar-refractivity contribution in [3.63, 3.8) is 0 Å². The van der Waals surface area contributed by atoms with Crippen molar-refractivity contribution in [2.45, 2.75) is 26.7 Å². The molecule has 3 N–H and O–H groups in total. The number of nitrogens with two attached hydrogens (primary N) is 1. The molecule has 0 aromatic carbocycles. The summed E-state index contributed by atoms with van der Waals surface area (Å²) in [4.78, 5) is 26.9. The Bertz CT molecular complexity index is 313. The summed E-state index contributed by atoms with van der Waals surface area (Å²) in [5, 5.41) is 8.75. The minimum Gasteiger partial charge on any atom is -0.480 e. The number of aliphatic carboxylic acids is 1. The first-order valence-electron chi connectivity index (χ1n) is 6.92. The number of nitrogens with zero attached hydrogens (tertiary/aromatic N) is 2. The van der Waals surface area contributed by atoms with Gasteiger partial charge in [0.2, 0.25) is 5.91 Å². The standard InChI is InChI=1S/C13H25N3O3/c1-3-13(4-2,10-14)12(19)16-7-5-15(6-8-16)9-11(17)18/h3-10,14H2,1-2H3,(H,17,18). The highest BCUT2D eigenvalue weighted by atomic mass is 16.4. The summed E-state index contributed by atoms with van der Waals surface area (Å²) in [6, 6.07) is 0. The van der Waals surface area contributed by atoms with Gasteiger partial charge < -0.3 is 15.7 Å². The number of carboxylic acid groups (broad SMARTS) is 1. The van der Waals surface area contributed by atoms with Crippen LogP contribution in [0.25, 0.3) is 0 Å². The van der Waals surface area contributed by atoms with Crippen molar-refractivity contribution in [1.82, 2.24) is 9.80 Å². The monoisotopic (exact) mass is 271 g/mol. The van der Waals surface area contributed by atoms with Crippen LogP contribution in [0, 0.1) is 5.41 Å². The molecule has 0 atom stereocenters. The van der Waals surface area contributed by atoms with Gasteiger partial charge in [-0.25, -0.2) is 0 Å². The molecule has 1 amide bonds. The summed E-state index contributed by atoms with van der Waals surface area (Å²) in [5.41, 5.74) is 5.34. The minimum absolute atomic E-state index is 0.0472. The number of amides is 1. The molecule has 0 spiro atoms. The Morgan fingerprint density at radius 1 is 1.16 bits per heavy atom. The van der Waals surface area contributed by atoms with Gasteiger partial charge in [-0.1, -0.05) is 13.8 Å². The normalized spacial score (nSPS) is 17.5. The zero-order chi connectivity index (χ0) is 14.5. The van der Waals surface area contributed by atoms with E-state index in [1.807, 2.05) is 23.6 Å². The van der Waals surface area contributed by atoms with Crippen LogP contribution in [-0.4, -0.2) is 66.1 Å². The molecule has 0 radical (unpaired) electrons. The predicted molar refractivity (Wildman–Crippen MR) is 72.7 cm³/mol. The Balaban J connectivity index is 2.59. The van der Waals surface area contributed by atoms with Crippen LogP contribution < -0.4 is 5.73 Å². The molecule has 1 aliphatic rings. The fraction of sp³-hybridized carbons (Fsp3) is 0.846. The number of rotatable bonds is 6. The molecule has 19 heavy (non-hydrogen) atoms. The highest BCUT2D eigenvalue weighted by Crippen LogP contribution is 2.28. The second kappa shape index (κ2) is 6.86. The Kier molecular flexibility index (Phi) is 5.75. The van der Waals surface area contributed by atoms with Gasteiger partial charge in [0.15, 0.2) is 0 Å². The lowest BCUT2D eigenvalue weighted by atomic mass is 9.81. The SMILES string of the molecule is CCC(CC)(CN)C(=O)N1CCN(CC(=O)O)CC1. The third-order valence-corrected chi connectivity index (χ3v) is 4.22. The molecule has 6 nitrogen and oxygen atoms in total. The zero-order valence-electron chi connectivity index (χ0n) is 11.9. The molecule has 1 rings (SSSR count). The molecule has 0 aromatic heterocycles. The molecule has 1 saturated heterocycles. The fourth-order valence-corrected chi connectivity index (χ4v) is 2.56. The lowest BCUT2D eigenvalue weighted by Crippen LogP contribution is -2.55. The van der Waals surface area contributed by atoms with Gasteiger partial charge in [-0.05, 0) is 12.8 Å². The Hall–Kier alpha value is -1.14. The van der Waals surface area contributed by atoms with E-state index in [0.29, 0.717) is 32.7 Å². The van der Waals surface area contributed by atoms with Gasteiger partial charge in [0.05, 0.1) is 12.0 Å². The molecule has 1 aliphatic heterocycles. The van der Waals surface area contributed by atoms with Crippen molar-refractivity contribution in [3.8, 4) is 0 Å². The molecular formula is C13H25N3O3. The third kappa shape index (κ3) is 3.67. The van der Waals surface area contributed by atoms with E-state index in [-0.39, 0.29) is 12.5 Å². The maximum Gasteiger partial charge on any atom is 0.317 e. The number of carboxylic acids is 1. The van der Waals surface area contributed by atoms with E-state index in [0.717, 1.165) is 12.8 Å². The molecule has 0 bridgehead atoms. The van der Waals surface area contributed by atoms with Crippen molar-refractivity contribution < 1.29 is 14.7 Å². The van der Waals surface area contributed by atoms with Crippen LogP contribution >= 0.6 is 0 Å². The van der Waals surface area contributed by atoms with Crippen molar-refractivity contribution in [1.29, 1.82) is 0 Å². The van der Waals surface area contributed by atoms with Crippen LogP contribution in [0.5, 0.6) is 0 Å². The molecule has 0 unspecified atom stereocenters. The van der Waals surface area contributed by atoms with Gasteiger partial charge >= 0.3 is 5.97 Å². The van der Waals surface area contributed by atoms with Crippen molar-refractivity contribution in [2.24, 2.45) is 11.1 Å². The number of piperazine rings is 1. The molecule has 1 fully saturated rings. The van der Waals surface area contributed by atoms with Gasteiger partial charge in [-0.2, -0.15) is 0 Å². The van der Waals surface area contributed by atoms with Crippen LogP contribution in [0.2, 0.25) is 0 Å². The summed E-state index contributed by atoms with van der Waals surface area (Å²) in [6.45, 7) is 6.82. The second-order valence-corrected chi connectivity index (χ2v) is 5.15. The maximum atomic E-state index is 12.6. The largest absolute Gasteiger partial charge is 0.480 e. The topological polar surface area (TPSA) is 86.9 Å². The highest BCUT2D eigenvalue weighted by Gasteiger charge is 2.37. The van der Waals surface area contributed by atoms with Crippen LogP contribution in [-0.2, 0) is 9.59 Å². The highest BCUT2D eigenvalue weighted by molar-refractivity contribution is 5.83. The average Bonchev–Trinajstić information content (AvgIpc) is 2.41. The van der Waals surface area contributed by atoms with E-state index in [9.17, 15) is 9.59 Å². The molecule has 0 saturated carbocycles. The van der Waals surface area contributed by atoms with E-state index in [1.54, 1.807) is 0 Å². The first-order chi connectivity index (χ1) is 8.99. The first-order valence-corrected chi connectivity index (χ1v) is 6.92. The maximum absolute atomic E-state index is 12.6. The summed E-state index contributed by atoms with van der Waals surface area (Å²) in [7, 11) is 0. The van der Waals surface area contributed by atoms with E-state index in [1.165, 1.54) is 0 Å². The number of hydrogen-bond donors (Lipinski definition) is 2. The fourth-order valence-electron chi connectivity index (χ4n) is 2.56. The lowest BCUT2D eigenvalue weighted by molar-refractivity contribution is -0.145.